The molecule has 3 aromatic heterocycles. The molecule has 1 fully saturated rings. The Morgan fingerprint density at radius 2 is 2.04 bits per heavy atom. The van der Waals surface area contributed by atoms with Crippen molar-refractivity contribution in [1.82, 2.24) is 23.8 Å². The lowest BCUT2D eigenvalue weighted by atomic mass is 10.2. The normalized spacial score (nSPS) is 17.8. The minimum absolute atomic E-state index is 0.0127. The number of nitrogens with zero attached hydrogens (tertiary/aromatic N) is 5. The zero-order valence-corrected chi connectivity index (χ0v) is 14.2. The second-order valence-electron chi connectivity index (χ2n) is 6.53. The Balaban J connectivity index is 1.69. The van der Waals surface area contributed by atoms with Crippen LogP contribution in [0, 0.1) is 13.8 Å². The van der Waals surface area contributed by atoms with Crippen molar-refractivity contribution in [3.63, 3.8) is 0 Å². The van der Waals surface area contributed by atoms with E-state index in [9.17, 15) is 4.79 Å². The molecule has 0 saturated carbocycles. The minimum atomic E-state index is -0.0127. The van der Waals surface area contributed by atoms with E-state index >= 15 is 0 Å². The van der Waals surface area contributed by atoms with E-state index in [1.54, 1.807) is 0 Å². The van der Waals surface area contributed by atoms with Crippen molar-refractivity contribution in [3.8, 4) is 0 Å². The number of imidazole rings is 2. The van der Waals surface area contributed by atoms with Crippen molar-refractivity contribution in [2.75, 3.05) is 6.54 Å². The number of hydrogen-bond donors (Lipinski definition) is 0. The Hall–Kier alpha value is -2.63. The van der Waals surface area contributed by atoms with Crippen molar-refractivity contribution < 1.29 is 4.79 Å². The SMILES string of the molecule is Cc1cn(C)c([C@H]2CCCN2C(=O)c2cn3c(C)cccc3n2)n1. The predicted molar refractivity (Wildman–Crippen MR) is 90.9 cm³/mol. The van der Waals surface area contributed by atoms with Gasteiger partial charge in [-0.05, 0) is 38.8 Å². The van der Waals surface area contributed by atoms with Crippen LogP contribution in [-0.2, 0) is 7.05 Å². The van der Waals surface area contributed by atoms with Crippen molar-refractivity contribution in [1.29, 1.82) is 0 Å². The number of carbonyl (C=O) groups is 1. The first-order valence-corrected chi connectivity index (χ1v) is 8.30. The second-order valence-corrected chi connectivity index (χ2v) is 6.53. The van der Waals surface area contributed by atoms with E-state index in [-0.39, 0.29) is 11.9 Å². The Labute approximate surface area is 140 Å². The van der Waals surface area contributed by atoms with Crippen molar-refractivity contribution in [3.05, 3.63) is 53.5 Å². The molecule has 4 rings (SSSR count). The van der Waals surface area contributed by atoms with Gasteiger partial charge in [0.1, 0.15) is 17.2 Å². The number of fused-ring (bicyclic) bond motifs is 1. The quantitative estimate of drug-likeness (QED) is 0.728. The van der Waals surface area contributed by atoms with Crippen LogP contribution in [0.3, 0.4) is 0 Å². The van der Waals surface area contributed by atoms with Gasteiger partial charge in [0.25, 0.3) is 5.91 Å². The molecule has 6 heteroatoms. The van der Waals surface area contributed by atoms with E-state index < -0.39 is 0 Å². The third-order valence-electron chi connectivity index (χ3n) is 4.76. The lowest BCUT2D eigenvalue weighted by Gasteiger charge is -2.23. The average molecular weight is 323 g/mol. The number of amides is 1. The second kappa shape index (κ2) is 5.47. The molecule has 24 heavy (non-hydrogen) atoms. The maximum atomic E-state index is 13.0. The van der Waals surface area contributed by atoms with Gasteiger partial charge in [0, 0.05) is 31.7 Å². The summed E-state index contributed by atoms with van der Waals surface area (Å²) < 4.78 is 3.99. The van der Waals surface area contributed by atoms with Gasteiger partial charge >= 0.3 is 0 Å². The summed E-state index contributed by atoms with van der Waals surface area (Å²) in [6.45, 7) is 4.75. The van der Waals surface area contributed by atoms with Gasteiger partial charge in [-0.25, -0.2) is 9.97 Å². The Morgan fingerprint density at radius 3 is 2.75 bits per heavy atom. The lowest BCUT2D eigenvalue weighted by Crippen LogP contribution is -2.32. The molecule has 1 aliphatic rings. The largest absolute Gasteiger partial charge is 0.336 e. The summed E-state index contributed by atoms with van der Waals surface area (Å²) in [4.78, 5) is 24.1. The van der Waals surface area contributed by atoms with Crippen LogP contribution in [0.25, 0.3) is 5.65 Å². The third-order valence-corrected chi connectivity index (χ3v) is 4.76. The molecule has 124 valence electrons. The highest BCUT2D eigenvalue weighted by atomic mass is 16.2. The summed E-state index contributed by atoms with van der Waals surface area (Å²) in [5.74, 6) is 0.944. The number of aromatic nitrogens is 4. The van der Waals surface area contributed by atoms with Gasteiger partial charge in [0.15, 0.2) is 0 Å². The number of likely N-dealkylation sites (tertiary alicyclic amines) is 1. The van der Waals surface area contributed by atoms with Crippen LogP contribution in [0.4, 0.5) is 0 Å². The summed E-state index contributed by atoms with van der Waals surface area (Å²) in [5.41, 5.74) is 3.36. The Bertz CT molecular complexity index is 923. The average Bonchev–Trinajstić information content (AvgIpc) is 3.24. The number of carbonyl (C=O) groups excluding carboxylic acids is 1. The standard InChI is InChI=1S/C18H21N5O/c1-12-10-21(3)17(19-12)15-7-5-9-22(15)18(24)14-11-23-13(2)6-4-8-16(23)20-14/h4,6,8,10-11,15H,5,7,9H2,1-3H3/t15-/m1/s1. The molecule has 1 atom stereocenters. The maximum Gasteiger partial charge on any atom is 0.274 e. The van der Waals surface area contributed by atoms with E-state index in [0.29, 0.717) is 5.69 Å². The predicted octanol–water partition coefficient (Wildman–Crippen LogP) is 2.66. The van der Waals surface area contributed by atoms with Crippen LogP contribution < -0.4 is 0 Å². The summed E-state index contributed by atoms with van der Waals surface area (Å²) in [6.07, 6.45) is 5.79. The fourth-order valence-corrected chi connectivity index (χ4v) is 3.62. The molecule has 4 heterocycles. The molecule has 6 nitrogen and oxygen atoms in total. The van der Waals surface area contributed by atoms with Gasteiger partial charge < -0.3 is 13.9 Å². The van der Waals surface area contributed by atoms with Crippen LogP contribution in [-0.4, -0.2) is 36.3 Å². The highest BCUT2D eigenvalue weighted by molar-refractivity contribution is 5.93. The highest BCUT2D eigenvalue weighted by Gasteiger charge is 2.34. The smallest absolute Gasteiger partial charge is 0.274 e. The summed E-state index contributed by atoms with van der Waals surface area (Å²) in [5, 5.41) is 0. The van der Waals surface area contributed by atoms with Gasteiger partial charge in [-0.1, -0.05) is 6.07 Å². The Morgan fingerprint density at radius 1 is 1.21 bits per heavy atom. The van der Waals surface area contributed by atoms with Gasteiger partial charge in [-0.3, -0.25) is 4.79 Å². The van der Waals surface area contributed by atoms with E-state index in [4.69, 9.17) is 0 Å². The van der Waals surface area contributed by atoms with E-state index in [2.05, 4.69) is 9.97 Å². The van der Waals surface area contributed by atoms with E-state index in [1.165, 1.54) is 0 Å². The highest BCUT2D eigenvalue weighted by Crippen LogP contribution is 2.32. The summed E-state index contributed by atoms with van der Waals surface area (Å²) in [7, 11) is 1.99. The first-order chi connectivity index (χ1) is 11.5. The lowest BCUT2D eigenvalue weighted by molar-refractivity contribution is 0.0723. The number of hydrogen-bond acceptors (Lipinski definition) is 3. The van der Waals surface area contributed by atoms with E-state index in [1.807, 2.05) is 65.4 Å². The molecule has 0 unspecified atom stereocenters. The van der Waals surface area contributed by atoms with Crippen LogP contribution >= 0.6 is 0 Å². The molecular formula is C18H21N5O. The monoisotopic (exact) mass is 323 g/mol. The molecule has 0 spiro atoms. The molecule has 0 N–H and O–H groups in total. The number of aryl methyl sites for hydroxylation is 3. The van der Waals surface area contributed by atoms with Crippen molar-refractivity contribution in [2.24, 2.45) is 7.05 Å². The van der Waals surface area contributed by atoms with Crippen LogP contribution in [0.15, 0.2) is 30.6 Å². The first-order valence-electron chi connectivity index (χ1n) is 8.30. The molecule has 1 aliphatic heterocycles. The zero-order valence-electron chi connectivity index (χ0n) is 14.2. The van der Waals surface area contributed by atoms with Crippen LogP contribution in [0.5, 0.6) is 0 Å². The Kier molecular flexibility index (Phi) is 3.40. The van der Waals surface area contributed by atoms with Gasteiger partial charge in [-0.15, -0.1) is 0 Å². The molecule has 0 aromatic carbocycles. The molecular weight excluding hydrogens is 302 g/mol. The van der Waals surface area contributed by atoms with Crippen molar-refractivity contribution >= 4 is 11.6 Å². The van der Waals surface area contributed by atoms with Crippen LogP contribution in [0.2, 0.25) is 0 Å². The maximum absolute atomic E-state index is 13.0. The number of pyridine rings is 1. The first kappa shape index (κ1) is 14.9. The summed E-state index contributed by atoms with van der Waals surface area (Å²) >= 11 is 0. The minimum Gasteiger partial charge on any atom is -0.336 e. The molecule has 0 radical (unpaired) electrons. The fraction of sp³-hybridized carbons (Fsp3) is 0.389. The molecule has 3 aromatic rings. The van der Waals surface area contributed by atoms with Crippen LogP contribution in [0.1, 0.15) is 46.6 Å². The topological polar surface area (TPSA) is 55.4 Å². The van der Waals surface area contributed by atoms with Crippen molar-refractivity contribution in [2.45, 2.75) is 32.7 Å². The van der Waals surface area contributed by atoms with Gasteiger partial charge in [0.2, 0.25) is 0 Å². The number of rotatable bonds is 2. The molecule has 1 amide bonds. The zero-order chi connectivity index (χ0) is 16.8. The van der Waals surface area contributed by atoms with E-state index in [0.717, 1.165) is 42.2 Å². The molecule has 0 aliphatic carbocycles. The fourth-order valence-electron chi connectivity index (χ4n) is 3.62. The third kappa shape index (κ3) is 2.29. The van der Waals surface area contributed by atoms with Gasteiger partial charge in [0.05, 0.1) is 11.7 Å². The molecule has 0 bridgehead atoms. The molecule has 1 saturated heterocycles. The summed E-state index contributed by atoms with van der Waals surface area (Å²) in [6, 6.07) is 5.93. The van der Waals surface area contributed by atoms with Gasteiger partial charge in [-0.2, -0.15) is 0 Å².